The van der Waals surface area contributed by atoms with Crippen molar-refractivity contribution < 1.29 is 14.2 Å². The Bertz CT molecular complexity index is 281. The Hall–Kier alpha value is -0.810. The second-order valence-corrected chi connectivity index (χ2v) is 5.06. The van der Waals surface area contributed by atoms with Crippen LogP contribution in [0.3, 0.4) is 0 Å². The van der Waals surface area contributed by atoms with Gasteiger partial charge in [0.1, 0.15) is 0 Å². The molecule has 0 aromatic rings. The van der Waals surface area contributed by atoms with Crippen LogP contribution in [0.4, 0.5) is 0 Å². The molecule has 0 unspecified atom stereocenters. The zero-order valence-electron chi connectivity index (χ0n) is 12.3. The lowest BCUT2D eigenvalue weighted by Gasteiger charge is -2.38. The molecule has 1 rings (SSSR count). The molecular weight excluding hydrogens is 232 g/mol. The lowest BCUT2D eigenvalue weighted by Crippen LogP contribution is -2.46. The maximum absolute atomic E-state index is 5.68. The number of methoxy groups -OCH3 is 2. The van der Waals surface area contributed by atoms with Crippen molar-refractivity contribution in [1.29, 1.82) is 0 Å². The second kappa shape index (κ2) is 6.95. The van der Waals surface area contributed by atoms with Crippen LogP contribution in [0.2, 0.25) is 0 Å². The summed E-state index contributed by atoms with van der Waals surface area (Å²) in [6, 6.07) is 1.23. The van der Waals surface area contributed by atoms with E-state index in [9.17, 15) is 0 Å². The summed E-state index contributed by atoms with van der Waals surface area (Å²) in [5.41, 5.74) is 0. The summed E-state index contributed by atoms with van der Waals surface area (Å²) >= 11 is 0. The van der Waals surface area contributed by atoms with Crippen LogP contribution in [0, 0.1) is 0 Å². The van der Waals surface area contributed by atoms with E-state index in [4.69, 9.17) is 14.2 Å². The monoisotopic (exact) mass is 258 g/mol. The number of nitrogens with zero attached hydrogens (tertiary/aromatic N) is 2. The molecule has 5 nitrogen and oxygen atoms in total. The summed E-state index contributed by atoms with van der Waals surface area (Å²) in [4.78, 5) is 6.57. The molecule has 0 amide bonds. The molecule has 1 aliphatic rings. The lowest BCUT2D eigenvalue weighted by atomic mass is 10.0. The third-order valence-corrected chi connectivity index (χ3v) is 3.12. The first-order valence-electron chi connectivity index (χ1n) is 6.50. The zero-order valence-corrected chi connectivity index (χ0v) is 12.3. The molecule has 1 saturated heterocycles. The van der Waals surface area contributed by atoms with Gasteiger partial charge < -0.3 is 19.1 Å². The highest BCUT2D eigenvalue weighted by Gasteiger charge is 2.31. The van der Waals surface area contributed by atoms with Crippen molar-refractivity contribution in [3.05, 3.63) is 0 Å². The Labute approximate surface area is 110 Å². The normalized spacial score (nSPS) is 29.5. The van der Waals surface area contributed by atoms with E-state index < -0.39 is 0 Å². The van der Waals surface area contributed by atoms with Gasteiger partial charge in [-0.25, -0.2) is 4.99 Å². The van der Waals surface area contributed by atoms with E-state index in [1.54, 1.807) is 14.2 Å². The molecule has 0 N–H and O–H groups in total. The number of hydrogen-bond donors (Lipinski definition) is 0. The second-order valence-electron chi connectivity index (χ2n) is 5.06. The Balaban J connectivity index is 2.72. The molecule has 0 bridgehead atoms. The Kier molecular flexibility index (Phi) is 5.88. The fourth-order valence-electron chi connectivity index (χ4n) is 2.20. The van der Waals surface area contributed by atoms with E-state index in [2.05, 4.69) is 16.8 Å². The number of hydrogen-bond acceptors (Lipinski definition) is 4. The minimum atomic E-state index is -0.140. The summed E-state index contributed by atoms with van der Waals surface area (Å²) in [7, 11) is 5.35. The SMILES string of the molecule is CO/C(=N\C(C)C)N(C)[C@@H]1C[C@H](OC)O[C@H](C)C1. The number of aliphatic imine (C=N–C) groups is 1. The molecule has 106 valence electrons. The molecule has 0 aliphatic carbocycles. The van der Waals surface area contributed by atoms with Gasteiger partial charge in [-0.2, -0.15) is 0 Å². The van der Waals surface area contributed by atoms with Crippen molar-refractivity contribution in [1.82, 2.24) is 4.90 Å². The number of rotatable bonds is 3. The van der Waals surface area contributed by atoms with E-state index >= 15 is 0 Å². The zero-order chi connectivity index (χ0) is 13.7. The minimum Gasteiger partial charge on any atom is -0.468 e. The van der Waals surface area contributed by atoms with Gasteiger partial charge in [0.05, 0.1) is 13.2 Å². The lowest BCUT2D eigenvalue weighted by molar-refractivity contribution is -0.187. The van der Waals surface area contributed by atoms with Gasteiger partial charge in [-0.05, 0) is 27.2 Å². The number of amidine groups is 1. The van der Waals surface area contributed by atoms with E-state index in [1.807, 2.05) is 20.9 Å². The molecule has 0 aromatic heterocycles. The molecular formula is C13H26N2O3. The Morgan fingerprint density at radius 2 is 2.00 bits per heavy atom. The summed E-state index contributed by atoms with van der Waals surface area (Å²) in [5.74, 6) is 0. The quantitative estimate of drug-likeness (QED) is 0.572. The van der Waals surface area contributed by atoms with Crippen LogP contribution in [0.25, 0.3) is 0 Å². The molecule has 1 fully saturated rings. The predicted octanol–water partition coefficient (Wildman–Crippen LogP) is 1.87. The van der Waals surface area contributed by atoms with Crippen LogP contribution in [0.5, 0.6) is 0 Å². The average Bonchev–Trinajstić information content (AvgIpc) is 2.34. The topological polar surface area (TPSA) is 43.3 Å². The fraction of sp³-hybridized carbons (Fsp3) is 0.923. The summed E-state index contributed by atoms with van der Waals surface area (Å²) in [6.07, 6.45) is 1.83. The molecule has 0 saturated carbocycles. The van der Waals surface area contributed by atoms with Crippen molar-refractivity contribution >= 4 is 6.02 Å². The highest BCUT2D eigenvalue weighted by Crippen LogP contribution is 2.23. The minimum absolute atomic E-state index is 0.140. The van der Waals surface area contributed by atoms with Crippen molar-refractivity contribution in [3.8, 4) is 0 Å². The first kappa shape index (κ1) is 15.2. The standard InChI is InChI=1S/C13H26N2O3/c1-9(2)14-13(17-6)15(4)11-7-10(3)18-12(8-11)16-5/h9-12H,7-8H2,1-6H3/b14-13-/t10-,11+,12-/m1/s1. The largest absolute Gasteiger partial charge is 0.468 e. The van der Waals surface area contributed by atoms with E-state index in [1.165, 1.54) is 0 Å². The van der Waals surface area contributed by atoms with Gasteiger partial charge >= 0.3 is 0 Å². The van der Waals surface area contributed by atoms with Crippen LogP contribution in [0.1, 0.15) is 33.6 Å². The summed E-state index contributed by atoms with van der Waals surface area (Å²) < 4.78 is 16.4. The Morgan fingerprint density at radius 3 is 2.50 bits per heavy atom. The van der Waals surface area contributed by atoms with Gasteiger partial charge in [-0.3, -0.25) is 0 Å². The van der Waals surface area contributed by atoms with Gasteiger partial charge in [0.25, 0.3) is 6.02 Å². The van der Waals surface area contributed by atoms with Gasteiger partial charge in [-0.1, -0.05) is 0 Å². The van der Waals surface area contributed by atoms with Gasteiger partial charge in [0.2, 0.25) is 0 Å². The van der Waals surface area contributed by atoms with Crippen LogP contribution in [0.15, 0.2) is 4.99 Å². The first-order valence-corrected chi connectivity index (χ1v) is 6.50. The summed E-state index contributed by atoms with van der Waals surface area (Å²) in [6.45, 7) is 6.15. The van der Waals surface area contributed by atoms with E-state index in [-0.39, 0.29) is 18.4 Å². The Morgan fingerprint density at radius 1 is 1.33 bits per heavy atom. The van der Waals surface area contributed by atoms with E-state index in [0.29, 0.717) is 12.1 Å². The molecule has 18 heavy (non-hydrogen) atoms. The molecule has 5 heteroatoms. The van der Waals surface area contributed by atoms with Gasteiger partial charge in [0, 0.05) is 32.7 Å². The van der Waals surface area contributed by atoms with Crippen LogP contribution >= 0.6 is 0 Å². The van der Waals surface area contributed by atoms with Crippen LogP contribution in [-0.2, 0) is 14.2 Å². The highest BCUT2D eigenvalue weighted by atomic mass is 16.7. The maximum atomic E-state index is 5.68. The van der Waals surface area contributed by atoms with Crippen LogP contribution < -0.4 is 0 Å². The smallest absolute Gasteiger partial charge is 0.287 e. The van der Waals surface area contributed by atoms with Crippen molar-refractivity contribution in [2.75, 3.05) is 21.3 Å². The maximum Gasteiger partial charge on any atom is 0.287 e. The van der Waals surface area contributed by atoms with Crippen molar-refractivity contribution in [3.63, 3.8) is 0 Å². The first-order chi connectivity index (χ1) is 8.47. The predicted molar refractivity (Wildman–Crippen MR) is 71.7 cm³/mol. The molecule has 0 aromatic carbocycles. The average molecular weight is 258 g/mol. The molecule has 0 radical (unpaired) electrons. The third kappa shape index (κ3) is 4.14. The van der Waals surface area contributed by atoms with Crippen molar-refractivity contribution in [2.45, 2.75) is 58.1 Å². The van der Waals surface area contributed by atoms with Crippen LogP contribution in [-0.4, -0.2) is 56.7 Å². The highest BCUT2D eigenvalue weighted by molar-refractivity contribution is 5.73. The molecule has 1 heterocycles. The third-order valence-electron chi connectivity index (χ3n) is 3.12. The molecule has 3 atom stereocenters. The van der Waals surface area contributed by atoms with E-state index in [0.717, 1.165) is 12.8 Å². The summed E-state index contributed by atoms with van der Waals surface area (Å²) in [5, 5.41) is 0. The number of ether oxygens (including phenoxy) is 3. The fourth-order valence-corrected chi connectivity index (χ4v) is 2.20. The van der Waals surface area contributed by atoms with Gasteiger partial charge in [-0.15, -0.1) is 0 Å². The molecule has 0 spiro atoms. The van der Waals surface area contributed by atoms with Gasteiger partial charge in [0.15, 0.2) is 6.29 Å². The molecule has 1 aliphatic heterocycles. The van der Waals surface area contributed by atoms with Crippen molar-refractivity contribution in [2.24, 2.45) is 4.99 Å².